The molecule has 1 radical (unpaired) electrons. The van der Waals surface area contributed by atoms with Gasteiger partial charge >= 0.3 is 6.18 Å². The van der Waals surface area contributed by atoms with Crippen LogP contribution in [0.2, 0.25) is 0 Å². The fourth-order valence-electron chi connectivity index (χ4n) is 2.30. The van der Waals surface area contributed by atoms with E-state index in [-0.39, 0.29) is 49.6 Å². The standard InChI is InChI=1S/3C6H15P.C3F5.Rh/c3*1-4-7(5-2)6-3;4-1-2(5)3(6,7)8;/h3*4-6H2,1-3H3;;/q;;;-1;/p+3. The van der Waals surface area contributed by atoms with Gasteiger partial charge in [-0.25, -0.2) is 4.39 Å². The Hall–Kier alpha value is 1.30. The molecule has 0 aromatic heterocycles. The van der Waals surface area contributed by atoms with Gasteiger partial charge in [-0.05, 0) is 86.1 Å². The molecule has 0 aromatic carbocycles. The molecule has 0 saturated carbocycles. The van der Waals surface area contributed by atoms with Gasteiger partial charge in [0.2, 0.25) is 0 Å². The van der Waals surface area contributed by atoms with Crippen molar-refractivity contribution in [3.05, 3.63) is 12.2 Å². The predicted molar refractivity (Wildman–Crippen MR) is 135 cm³/mol. The fraction of sp³-hybridized carbons (Fsp3) is 0.905. The molecule has 9 heteroatoms. The molecular weight excluding hydrogens is 543 g/mol. The van der Waals surface area contributed by atoms with Gasteiger partial charge in [-0.15, -0.1) is 0 Å². The maximum atomic E-state index is 10.9. The van der Waals surface area contributed by atoms with Gasteiger partial charge in [0.1, 0.15) is 0 Å². The van der Waals surface area contributed by atoms with E-state index < -0.39 is 12.0 Å². The molecule has 0 aliphatic carbocycles. The van der Waals surface area contributed by atoms with E-state index in [0.29, 0.717) is 0 Å². The Labute approximate surface area is 201 Å². The first-order valence-corrected chi connectivity index (χ1v) is 17.4. The molecule has 0 aromatic rings. The maximum absolute atomic E-state index is 10.9. The van der Waals surface area contributed by atoms with Crippen molar-refractivity contribution in [2.24, 2.45) is 0 Å². The summed E-state index contributed by atoms with van der Waals surface area (Å²) in [6.45, 7) is 20.8. The molecule has 0 aliphatic rings. The largest absolute Gasteiger partial charge is 0.455 e. The van der Waals surface area contributed by atoms with Crippen LogP contribution < -0.4 is 0 Å². The Morgan fingerprint density at radius 3 is 0.733 bits per heavy atom. The van der Waals surface area contributed by atoms with E-state index in [1.807, 2.05) is 0 Å². The van der Waals surface area contributed by atoms with Crippen LogP contribution in [0.15, 0.2) is 5.83 Å². The van der Waals surface area contributed by atoms with Crippen molar-refractivity contribution in [3.8, 4) is 0 Å². The molecule has 0 rings (SSSR count). The second kappa shape index (κ2) is 30.3. The van der Waals surface area contributed by atoms with Gasteiger partial charge in [0.05, 0.1) is 61.3 Å². The van der Waals surface area contributed by atoms with Crippen LogP contribution in [0.25, 0.3) is 0 Å². The Kier molecular flexibility index (Phi) is 42.0. The van der Waals surface area contributed by atoms with Crippen LogP contribution in [0.1, 0.15) is 62.3 Å². The summed E-state index contributed by atoms with van der Waals surface area (Å²) in [7, 11) is 0.412. The fourth-order valence-corrected chi connectivity index (χ4v) is 6.80. The summed E-state index contributed by atoms with van der Waals surface area (Å²) in [5, 5.41) is 0. The molecule has 30 heavy (non-hydrogen) atoms. The van der Waals surface area contributed by atoms with E-state index >= 15 is 0 Å². The van der Waals surface area contributed by atoms with Crippen molar-refractivity contribution in [3.63, 3.8) is 0 Å². The van der Waals surface area contributed by atoms with Crippen molar-refractivity contribution in [1.29, 1.82) is 0 Å². The van der Waals surface area contributed by atoms with Crippen LogP contribution in [0, 0.1) is 6.33 Å². The SMILES string of the molecule is CC[PH+](CC)CC.CC[PH+](CC)CC.CC[PH+](CC)CC.F[C-]=C(F)C(F)(F)F.[Rh]. The van der Waals surface area contributed by atoms with Crippen molar-refractivity contribution in [1.82, 2.24) is 0 Å². The van der Waals surface area contributed by atoms with E-state index in [4.69, 9.17) is 0 Å². The van der Waals surface area contributed by atoms with Crippen molar-refractivity contribution in [2.45, 2.75) is 68.5 Å². The molecule has 0 heterocycles. The first-order valence-electron chi connectivity index (χ1n) is 11.0. The number of alkyl halides is 3. The minimum Gasteiger partial charge on any atom is -0.455 e. The molecule has 0 nitrogen and oxygen atoms in total. The molecule has 0 aliphatic heterocycles. The van der Waals surface area contributed by atoms with E-state index in [1.165, 1.54) is 55.5 Å². The molecule has 0 N–H and O–H groups in total. The minimum absolute atomic E-state index is 0. The quantitative estimate of drug-likeness (QED) is 0.109. The Balaban J connectivity index is -0.0000000917. The van der Waals surface area contributed by atoms with Gasteiger partial charge < -0.3 is 4.39 Å². The van der Waals surface area contributed by atoms with E-state index in [1.54, 1.807) is 0 Å². The van der Waals surface area contributed by atoms with Gasteiger partial charge in [-0.1, -0.05) is 0 Å². The van der Waals surface area contributed by atoms with Gasteiger partial charge in [0.25, 0.3) is 0 Å². The van der Waals surface area contributed by atoms with Crippen LogP contribution in [-0.2, 0) is 19.5 Å². The molecular formula is C21H48F5P3Rh+2. The summed E-state index contributed by atoms with van der Waals surface area (Å²) in [4.78, 5) is 0. The molecule has 0 saturated heterocycles. The summed E-state index contributed by atoms with van der Waals surface area (Å²) < 4.78 is 53.6. The monoisotopic (exact) mass is 591 g/mol. The van der Waals surface area contributed by atoms with Crippen LogP contribution in [0.4, 0.5) is 22.0 Å². The van der Waals surface area contributed by atoms with Crippen LogP contribution in [0.3, 0.4) is 0 Å². The van der Waals surface area contributed by atoms with Crippen LogP contribution in [-0.4, -0.2) is 61.6 Å². The maximum Gasteiger partial charge on any atom is 0.411 e. The zero-order valence-electron chi connectivity index (χ0n) is 20.6. The Bertz CT molecular complexity index is 286. The summed E-state index contributed by atoms with van der Waals surface area (Å²) in [6.07, 6.45) is 7.71. The summed E-state index contributed by atoms with van der Waals surface area (Å²) in [5.41, 5.74) is 0. The van der Waals surface area contributed by atoms with Crippen LogP contribution in [0.5, 0.6) is 0 Å². The minimum atomic E-state index is -5.23. The van der Waals surface area contributed by atoms with Crippen molar-refractivity contribution >= 4 is 23.8 Å². The van der Waals surface area contributed by atoms with Gasteiger partial charge in [-0.3, -0.25) is 6.33 Å². The second-order valence-corrected chi connectivity index (χ2v) is 17.2. The Morgan fingerprint density at radius 1 is 0.567 bits per heavy atom. The van der Waals surface area contributed by atoms with Crippen LogP contribution >= 0.6 is 23.8 Å². The summed E-state index contributed by atoms with van der Waals surface area (Å²) in [6, 6.07) is 0. The Morgan fingerprint density at radius 2 is 0.733 bits per heavy atom. The van der Waals surface area contributed by atoms with Gasteiger partial charge in [0.15, 0.2) is 0 Å². The molecule has 0 atom stereocenters. The predicted octanol–water partition coefficient (Wildman–Crippen LogP) is 8.91. The molecule has 0 amide bonds. The van der Waals surface area contributed by atoms with Gasteiger partial charge in [0, 0.05) is 19.5 Å². The van der Waals surface area contributed by atoms with Gasteiger partial charge in [-0.2, -0.15) is 13.2 Å². The second-order valence-electron chi connectivity index (χ2n) is 6.34. The zero-order valence-corrected chi connectivity index (χ0v) is 25.2. The van der Waals surface area contributed by atoms with E-state index in [0.717, 1.165) is 0 Å². The van der Waals surface area contributed by atoms with E-state index in [9.17, 15) is 22.0 Å². The third-order valence-electron chi connectivity index (χ3n) is 4.83. The first kappa shape index (κ1) is 41.5. The molecule has 0 fully saturated rings. The first-order chi connectivity index (χ1) is 13.5. The molecule has 0 bridgehead atoms. The number of rotatable bonds is 9. The summed E-state index contributed by atoms with van der Waals surface area (Å²) in [5.74, 6) is -2.84. The number of allylic oxidation sites excluding steroid dienone is 1. The molecule has 189 valence electrons. The average molecular weight is 591 g/mol. The van der Waals surface area contributed by atoms with Crippen molar-refractivity contribution < 1.29 is 41.4 Å². The normalized spacial score (nSPS) is 11.0. The number of hydrogen-bond donors (Lipinski definition) is 0. The van der Waals surface area contributed by atoms with E-state index in [2.05, 4.69) is 62.3 Å². The van der Waals surface area contributed by atoms with Crippen molar-refractivity contribution in [2.75, 3.05) is 55.5 Å². The third-order valence-corrected chi connectivity index (χ3v) is 13.8. The molecule has 0 unspecified atom stereocenters. The molecule has 0 spiro atoms. The topological polar surface area (TPSA) is 0 Å². The zero-order chi connectivity index (χ0) is 23.9. The number of hydrogen-bond acceptors (Lipinski definition) is 0. The number of halogens is 5. The smallest absolute Gasteiger partial charge is 0.411 e. The average Bonchev–Trinajstić information content (AvgIpc) is 2.72. The summed E-state index contributed by atoms with van der Waals surface area (Å²) >= 11 is 0. The third kappa shape index (κ3) is 31.5.